The number of halogens is 4. The van der Waals surface area contributed by atoms with E-state index in [-0.39, 0.29) is 4.83 Å². The lowest BCUT2D eigenvalue weighted by Crippen LogP contribution is -1.97. The first-order valence-electron chi connectivity index (χ1n) is 4.89. The van der Waals surface area contributed by atoms with Gasteiger partial charge in [-0.1, -0.05) is 22.0 Å². The second-order valence-electron chi connectivity index (χ2n) is 3.55. The van der Waals surface area contributed by atoms with Crippen LogP contribution in [-0.2, 0) is 6.42 Å². The molecule has 1 heterocycles. The van der Waals surface area contributed by atoms with Crippen LogP contribution in [0, 0.1) is 11.6 Å². The Morgan fingerprint density at radius 3 is 2.53 bits per heavy atom. The van der Waals surface area contributed by atoms with Gasteiger partial charge in [0, 0.05) is 6.07 Å². The molecule has 2 rings (SSSR count). The summed E-state index contributed by atoms with van der Waals surface area (Å²) in [5.74, 6) is -0.418. The average Bonchev–Trinajstić information content (AvgIpc) is 2.69. The zero-order chi connectivity index (χ0) is 12.4. The lowest BCUT2D eigenvalue weighted by Gasteiger charge is -2.07. The van der Waals surface area contributed by atoms with E-state index in [4.69, 9.17) is 4.42 Å². The third kappa shape index (κ3) is 3.16. The van der Waals surface area contributed by atoms with Crippen molar-refractivity contribution in [2.24, 2.45) is 0 Å². The Labute approximate surface area is 114 Å². The number of hydrogen-bond acceptors (Lipinski definition) is 1. The van der Waals surface area contributed by atoms with Crippen LogP contribution >= 0.6 is 31.9 Å². The normalized spacial score (nSPS) is 12.7. The van der Waals surface area contributed by atoms with Crippen molar-refractivity contribution in [1.29, 1.82) is 0 Å². The van der Waals surface area contributed by atoms with E-state index < -0.39 is 11.6 Å². The van der Waals surface area contributed by atoms with E-state index >= 15 is 0 Å². The van der Waals surface area contributed by atoms with Gasteiger partial charge in [0.1, 0.15) is 17.4 Å². The van der Waals surface area contributed by atoms with Crippen LogP contribution < -0.4 is 0 Å². The van der Waals surface area contributed by atoms with Gasteiger partial charge in [-0.2, -0.15) is 0 Å². The first-order chi connectivity index (χ1) is 8.06. The fourth-order valence-electron chi connectivity index (χ4n) is 1.48. The van der Waals surface area contributed by atoms with Crippen LogP contribution in [0.5, 0.6) is 0 Å². The molecule has 1 atom stereocenters. The minimum absolute atomic E-state index is 0.145. The molecule has 0 bridgehead atoms. The quantitative estimate of drug-likeness (QED) is 0.697. The molecular weight excluding hydrogens is 358 g/mol. The zero-order valence-electron chi connectivity index (χ0n) is 8.59. The van der Waals surface area contributed by atoms with Crippen LogP contribution in [0.2, 0.25) is 0 Å². The van der Waals surface area contributed by atoms with Crippen molar-refractivity contribution < 1.29 is 13.2 Å². The molecule has 0 spiro atoms. The van der Waals surface area contributed by atoms with Gasteiger partial charge in [0.25, 0.3) is 0 Å². The molecule has 0 amide bonds. The molecule has 0 saturated carbocycles. The molecule has 0 fully saturated rings. The first-order valence-corrected chi connectivity index (χ1v) is 6.60. The van der Waals surface area contributed by atoms with E-state index in [0.29, 0.717) is 22.4 Å². The monoisotopic (exact) mass is 364 g/mol. The first kappa shape index (κ1) is 12.8. The Morgan fingerprint density at radius 1 is 1.18 bits per heavy atom. The molecule has 1 aromatic carbocycles. The molecule has 0 N–H and O–H groups in total. The Bertz CT molecular complexity index is 525. The molecule has 2 aromatic rings. The molecule has 90 valence electrons. The van der Waals surface area contributed by atoms with E-state index in [2.05, 4.69) is 31.9 Å². The van der Waals surface area contributed by atoms with Gasteiger partial charge in [-0.25, -0.2) is 8.78 Å². The summed E-state index contributed by atoms with van der Waals surface area (Å²) in [6.45, 7) is 0. The van der Waals surface area contributed by atoms with Gasteiger partial charge in [-0.05, 0) is 46.1 Å². The molecule has 1 unspecified atom stereocenters. The average molecular weight is 366 g/mol. The Balaban J connectivity index is 2.15. The van der Waals surface area contributed by atoms with Gasteiger partial charge in [0.2, 0.25) is 0 Å². The van der Waals surface area contributed by atoms with Crippen molar-refractivity contribution in [2.45, 2.75) is 11.2 Å². The SMILES string of the molecule is Fc1ccc(CC(Br)c2ccc(Br)o2)c(F)c1. The van der Waals surface area contributed by atoms with Crippen molar-refractivity contribution in [1.82, 2.24) is 0 Å². The maximum atomic E-state index is 13.4. The van der Waals surface area contributed by atoms with E-state index in [9.17, 15) is 8.78 Å². The van der Waals surface area contributed by atoms with Crippen molar-refractivity contribution in [3.63, 3.8) is 0 Å². The minimum atomic E-state index is -0.571. The number of benzene rings is 1. The topological polar surface area (TPSA) is 13.1 Å². The summed E-state index contributed by atoms with van der Waals surface area (Å²) in [6, 6.07) is 7.13. The predicted octanol–water partition coefficient (Wildman–Crippen LogP) is 5.00. The van der Waals surface area contributed by atoms with Crippen LogP contribution in [0.1, 0.15) is 16.2 Å². The van der Waals surface area contributed by atoms with Gasteiger partial charge in [-0.3, -0.25) is 0 Å². The number of rotatable bonds is 3. The second kappa shape index (κ2) is 5.31. The van der Waals surface area contributed by atoms with Gasteiger partial charge >= 0.3 is 0 Å². The minimum Gasteiger partial charge on any atom is -0.453 e. The largest absolute Gasteiger partial charge is 0.453 e. The molecule has 0 saturated heterocycles. The molecule has 17 heavy (non-hydrogen) atoms. The van der Waals surface area contributed by atoms with E-state index in [1.165, 1.54) is 12.1 Å². The number of hydrogen-bond donors (Lipinski definition) is 0. The lowest BCUT2D eigenvalue weighted by atomic mass is 10.1. The number of alkyl halides is 1. The highest BCUT2D eigenvalue weighted by molar-refractivity contribution is 9.10. The Kier molecular flexibility index (Phi) is 3.99. The van der Waals surface area contributed by atoms with Crippen molar-refractivity contribution in [2.75, 3.05) is 0 Å². The van der Waals surface area contributed by atoms with Crippen LogP contribution in [0.25, 0.3) is 0 Å². The Morgan fingerprint density at radius 2 is 1.94 bits per heavy atom. The van der Waals surface area contributed by atoms with Crippen molar-refractivity contribution in [3.8, 4) is 0 Å². The van der Waals surface area contributed by atoms with Crippen LogP contribution in [0.3, 0.4) is 0 Å². The van der Waals surface area contributed by atoms with E-state index in [0.717, 1.165) is 6.07 Å². The van der Waals surface area contributed by atoms with Gasteiger partial charge in [-0.15, -0.1) is 0 Å². The van der Waals surface area contributed by atoms with Gasteiger partial charge in [0.15, 0.2) is 4.67 Å². The maximum absolute atomic E-state index is 13.4. The molecule has 5 heteroatoms. The second-order valence-corrected chi connectivity index (χ2v) is 5.44. The van der Waals surface area contributed by atoms with Gasteiger partial charge < -0.3 is 4.42 Å². The molecule has 1 aromatic heterocycles. The summed E-state index contributed by atoms with van der Waals surface area (Å²) in [7, 11) is 0. The fourth-order valence-corrected chi connectivity index (χ4v) is 2.39. The standard InChI is InChI=1S/C12H8Br2F2O/c13-9(11-3-4-12(14)17-11)5-7-1-2-8(15)6-10(7)16/h1-4,6,9H,5H2. The van der Waals surface area contributed by atoms with Crippen LogP contribution in [-0.4, -0.2) is 0 Å². The molecule has 0 aliphatic rings. The van der Waals surface area contributed by atoms with Crippen LogP contribution in [0.15, 0.2) is 39.4 Å². The fraction of sp³-hybridized carbons (Fsp3) is 0.167. The van der Waals surface area contributed by atoms with E-state index in [1.807, 2.05) is 0 Å². The highest BCUT2D eigenvalue weighted by Gasteiger charge is 2.15. The molecule has 0 aliphatic carbocycles. The summed E-state index contributed by atoms with van der Waals surface area (Å²) in [5, 5.41) is 0. The molecular formula is C12H8Br2F2O. The predicted molar refractivity (Wildman–Crippen MR) is 68.1 cm³/mol. The summed E-state index contributed by atoms with van der Waals surface area (Å²) >= 11 is 6.61. The smallest absolute Gasteiger partial charge is 0.169 e. The summed E-state index contributed by atoms with van der Waals surface area (Å²) < 4.78 is 32.1. The molecule has 1 nitrogen and oxygen atoms in total. The molecule has 0 aliphatic heterocycles. The summed E-state index contributed by atoms with van der Waals surface area (Å²) in [5.41, 5.74) is 0.445. The lowest BCUT2D eigenvalue weighted by molar-refractivity contribution is 0.483. The third-order valence-corrected chi connectivity index (χ3v) is 3.52. The highest BCUT2D eigenvalue weighted by Crippen LogP contribution is 2.30. The molecule has 0 radical (unpaired) electrons. The Hall–Kier alpha value is -0.680. The third-order valence-electron chi connectivity index (χ3n) is 2.32. The van der Waals surface area contributed by atoms with Crippen molar-refractivity contribution in [3.05, 3.63) is 58.0 Å². The van der Waals surface area contributed by atoms with Crippen LogP contribution in [0.4, 0.5) is 8.78 Å². The highest BCUT2D eigenvalue weighted by atomic mass is 79.9. The zero-order valence-corrected chi connectivity index (χ0v) is 11.8. The maximum Gasteiger partial charge on any atom is 0.169 e. The number of furan rings is 1. The summed E-state index contributed by atoms with van der Waals surface area (Å²) in [6.07, 6.45) is 0.395. The van der Waals surface area contributed by atoms with E-state index in [1.54, 1.807) is 12.1 Å². The van der Waals surface area contributed by atoms with Crippen molar-refractivity contribution >= 4 is 31.9 Å². The summed E-state index contributed by atoms with van der Waals surface area (Å²) in [4.78, 5) is -0.145. The van der Waals surface area contributed by atoms with Gasteiger partial charge in [0.05, 0.1) is 4.83 Å².